The number of ether oxygens (including phenoxy) is 2. The van der Waals surface area contributed by atoms with Crippen molar-refractivity contribution in [3.05, 3.63) is 53.1 Å². The summed E-state index contributed by atoms with van der Waals surface area (Å²) in [6.07, 6.45) is 2.65. The molecule has 0 saturated carbocycles. The van der Waals surface area contributed by atoms with Crippen LogP contribution >= 0.6 is 0 Å². The maximum Gasteiger partial charge on any atom is 0.253 e. The van der Waals surface area contributed by atoms with Gasteiger partial charge in [0.2, 0.25) is 6.41 Å². The molecule has 1 atom stereocenters. The summed E-state index contributed by atoms with van der Waals surface area (Å²) in [5.41, 5.74) is 2.29. The van der Waals surface area contributed by atoms with Crippen molar-refractivity contribution in [1.29, 1.82) is 5.26 Å². The van der Waals surface area contributed by atoms with Crippen LogP contribution in [0.2, 0.25) is 0 Å². The Balaban J connectivity index is 1.75. The highest BCUT2D eigenvalue weighted by Gasteiger charge is 2.21. The highest BCUT2D eigenvalue weighted by molar-refractivity contribution is 6.00. The van der Waals surface area contributed by atoms with E-state index in [9.17, 15) is 14.9 Å². The molecule has 2 N–H and O–H groups in total. The Bertz CT molecular complexity index is 986. The van der Waals surface area contributed by atoms with Crippen LogP contribution in [0.1, 0.15) is 34.3 Å². The Morgan fingerprint density at radius 3 is 2.74 bits per heavy atom. The molecule has 1 fully saturated rings. The van der Waals surface area contributed by atoms with E-state index in [2.05, 4.69) is 16.7 Å². The molecule has 8 nitrogen and oxygen atoms in total. The molecule has 3 rings (SSSR count). The lowest BCUT2D eigenvalue weighted by molar-refractivity contribution is -0.119. The van der Waals surface area contributed by atoms with Crippen molar-refractivity contribution >= 4 is 18.0 Å². The average Bonchev–Trinajstić information content (AvgIpc) is 2.82. The number of methoxy groups -OCH3 is 2. The van der Waals surface area contributed by atoms with Gasteiger partial charge in [0.25, 0.3) is 5.91 Å². The summed E-state index contributed by atoms with van der Waals surface area (Å²) in [6.45, 7) is 1.61. The first-order chi connectivity index (χ1) is 15.1. The zero-order chi connectivity index (χ0) is 22.2. The largest absolute Gasteiger partial charge is 0.493 e. The van der Waals surface area contributed by atoms with Gasteiger partial charge in [-0.3, -0.25) is 9.59 Å². The second-order valence-electron chi connectivity index (χ2n) is 7.33. The van der Waals surface area contributed by atoms with Gasteiger partial charge in [0.1, 0.15) is 0 Å². The maximum atomic E-state index is 13.0. The minimum atomic E-state index is -0.294. The molecule has 0 spiro atoms. The Morgan fingerprint density at radius 1 is 1.23 bits per heavy atom. The van der Waals surface area contributed by atoms with E-state index in [4.69, 9.17) is 9.47 Å². The fourth-order valence-electron chi connectivity index (χ4n) is 3.64. The lowest BCUT2D eigenvalue weighted by Crippen LogP contribution is -2.41. The summed E-state index contributed by atoms with van der Waals surface area (Å²) in [4.78, 5) is 25.8. The smallest absolute Gasteiger partial charge is 0.253 e. The summed E-state index contributed by atoms with van der Waals surface area (Å²) in [6, 6.07) is 12.6. The molecule has 0 radical (unpaired) electrons. The number of nitrogens with one attached hydrogen (secondary N) is 2. The number of nitriles is 1. The number of piperidine rings is 1. The summed E-state index contributed by atoms with van der Waals surface area (Å²) in [7, 11) is 3.12. The summed E-state index contributed by atoms with van der Waals surface area (Å²) in [5, 5.41) is 15.5. The van der Waals surface area contributed by atoms with Gasteiger partial charge in [0.05, 0.1) is 31.4 Å². The third kappa shape index (κ3) is 5.45. The number of carbonyl (C=O) groups excluding carboxylic acids is 2. The highest BCUT2D eigenvalue weighted by Crippen LogP contribution is 2.27. The van der Waals surface area contributed by atoms with Crippen LogP contribution in [0.3, 0.4) is 0 Å². The van der Waals surface area contributed by atoms with Gasteiger partial charge in [-0.25, -0.2) is 0 Å². The minimum Gasteiger partial charge on any atom is -0.493 e. The van der Waals surface area contributed by atoms with Gasteiger partial charge in [-0.2, -0.15) is 5.26 Å². The molecule has 1 heterocycles. The average molecular weight is 422 g/mol. The van der Waals surface area contributed by atoms with Crippen molar-refractivity contribution in [3.63, 3.8) is 0 Å². The number of carbonyl (C=O) groups is 2. The Kier molecular flexibility index (Phi) is 7.33. The fourth-order valence-corrected chi connectivity index (χ4v) is 3.64. The third-order valence-corrected chi connectivity index (χ3v) is 5.26. The molecule has 1 aliphatic heterocycles. The van der Waals surface area contributed by atoms with Gasteiger partial charge in [-0.15, -0.1) is 0 Å². The molecule has 2 aromatic rings. The molecule has 0 aliphatic carbocycles. The topological polar surface area (TPSA) is 104 Å². The number of amides is 2. The van der Waals surface area contributed by atoms with Crippen LogP contribution in [0.4, 0.5) is 5.69 Å². The van der Waals surface area contributed by atoms with Crippen LogP contribution in [0.25, 0.3) is 0 Å². The van der Waals surface area contributed by atoms with Gasteiger partial charge >= 0.3 is 0 Å². The number of likely N-dealkylation sites (tertiary alicyclic amines) is 1. The summed E-state index contributed by atoms with van der Waals surface area (Å²) >= 11 is 0. The second-order valence-corrected chi connectivity index (χ2v) is 7.33. The number of benzene rings is 2. The molecule has 1 saturated heterocycles. The van der Waals surface area contributed by atoms with Crippen LogP contribution in [0.5, 0.6) is 11.5 Å². The van der Waals surface area contributed by atoms with Gasteiger partial charge in [0, 0.05) is 31.4 Å². The predicted molar refractivity (Wildman–Crippen MR) is 116 cm³/mol. The van der Waals surface area contributed by atoms with E-state index in [0.717, 1.165) is 31.4 Å². The monoisotopic (exact) mass is 422 g/mol. The van der Waals surface area contributed by atoms with Gasteiger partial charge < -0.3 is 25.0 Å². The van der Waals surface area contributed by atoms with Crippen LogP contribution in [-0.2, 0) is 11.3 Å². The van der Waals surface area contributed by atoms with Crippen molar-refractivity contribution in [2.45, 2.75) is 25.4 Å². The Labute approximate surface area is 181 Å². The van der Waals surface area contributed by atoms with Crippen molar-refractivity contribution in [2.75, 3.05) is 32.6 Å². The molecule has 31 heavy (non-hydrogen) atoms. The third-order valence-electron chi connectivity index (χ3n) is 5.26. The highest BCUT2D eigenvalue weighted by atomic mass is 16.5. The first-order valence-corrected chi connectivity index (χ1v) is 10.1. The van der Waals surface area contributed by atoms with Crippen molar-refractivity contribution < 1.29 is 19.1 Å². The molecule has 1 unspecified atom stereocenters. The lowest BCUT2D eigenvalue weighted by Gasteiger charge is -2.31. The van der Waals surface area contributed by atoms with Crippen LogP contribution in [-0.4, -0.2) is 50.6 Å². The number of hydrogen-bond donors (Lipinski definition) is 2. The van der Waals surface area contributed by atoms with E-state index < -0.39 is 0 Å². The predicted octanol–water partition coefficient (Wildman–Crippen LogP) is 2.54. The Hall–Kier alpha value is -3.73. The molecule has 1 aliphatic rings. The van der Waals surface area contributed by atoms with E-state index in [1.54, 1.807) is 49.5 Å². The van der Waals surface area contributed by atoms with E-state index in [0.29, 0.717) is 34.9 Å². The maximum absolute atomic E-state index is 13.0. The van der Waals surface area contributed by atoms with Gasteiger partial charge in [-0.05, 0) is 48.7 Å². The Morgan fingerprint density at radius 2 is 2.03 bits per heavy atom. The number of anilines is 1. The number of hydrogen-bond acceptors (Lipinski definition) is 6. The lowest BCUT2D eigenvalue weighted by atomic mass is 10.0. The standard InChI is InChI=1S/C23H26N4O4/c1-30-21-8-6-17(11-22(21)31-2)13-25-23(29)19-10-16(12-24)5-7-20(19)26-18-4-3-9-27(14-18)15-28/h5-8,10-11,15,18,26H,3-4,9,13-14H2,1-2H3,(H,25,29). The fraction of sp³-hybridized carbons (Fsp3) is 0.348. The van der Waals surface area contributed by atoms with Crippen molar-refractivity contribution in [3.8, 4) is 17.6 Å². The van der Waals surface area contributed by atoms with E-state index >= 15 is 0 Å². The zero-order valence-electron chi connectivity index (χ0n) is 17.7. The molecule has 8 heteroatoms. The molecular weight excluding hydrogens is 396 g/mol. The van der Waals surface area contributed by atoms with Crippen molar-refractivity contribution in [1.82, 2.24) is 10.2 Å². The van der Waals surface area contributed by atoms with E-state index in [1.807, 2.05) is 6.07 Å². The summed E-state index contributed by atoms with van der Waals surface area (Å²) < 4.78 is 10.5. The molecule has 162 valence electrons. The van der Waals surface area contributed by atoms with E-state index in [1.165, 1.54) is 0 Å². The van der Waals surface area contributed by atoms with Gasteiger partial charge in [-0.1, -0.05) is 6.07 Å². The molecule has 2 aromatic carbocycles. The molecule has 2 amide bonds. The first kappa shape index (κ1) is 22.0. The number of rotatable bonds is 8. The van der Waals surface area contributed by atoms with Crippen LogP contribution in [0.15, 0.2) is 36.4 Å². The molecule has 0 aromatic heterocycles. The van der Waals surface area contributed by atoms with E-state index in [-0.39, 0.29) is 18.5 Å². The zero-order valence-corrected chi connectivity index (χ0v) is 17.7. The van der Waals surface area contributed by atoms with Crippen LogP contribution in [0, 0.1) is 11.3 Å². The van der Waals surface area contributed by atoms with Gasteiger partial charge in [0.15, 0.2) is 11.5 Å². The minimum absolute atomic E-state index is 0.0456. The van der Waals surface area contributed by atoms with Crippen molar-refractivity contribution in [2.24, 2.45) is 0 Å². The molecule has 0 bridgehead atoms. The number of nitrogens with zero attached hydrogens (tertiary/aromatic N) is 2. The first-order valence-electron chi connectivity index (χ1n) is 10.1. The normalized spacial score (nSPS) is 15.5. The SMILES string of the molecule is COc1ccc(CNC(=O)c2cc(C#N)ccc2NC2CCCN(C=O)C2)cc1OC. The van der Waals surface area contributed by atoms with Crippen LogP contribution < -0.4 is 20.1 Å². The molecular formula is C23H26N4O4. The quantitative estimate of drug-likeness (QED) is 0.634. The summed E-state index contributed by atoms with van der Waals surface area (Å²) in [5.74, 6) is 0.903. The second kappa shape index (κ2) is 10.3.